The van der Waals surface area contributed by atoms with E-state index < -0.39 is 12.0 Å². The molecular formula is C17H17N3O3. The molecule has 0 saturated carbocycles. The molecule has 0 radical (unpaired) electrons. The Bertz CT molecular complexity index is 918. The number of aryl methyl sites for hydroxylation is 1. The van der Waals surface area contributed by atoms with Gasteiger partial charge in [-0.3, -0.25) is 0 Å². The van der Waals surface area contributed by atoms with E-state index in [4.69, 9.17) is 4.42 Å². The number of hydrogen-bond donors (Lipinski definition) is 1. The van der Waals surface area contributed by atoms with Crippen molar-refractivity contribution in [3.8, 4) is 0 Å². The van der Waals surface area contributed by atoms with Crippen molar-refractivity contribution in [1.29, 1.82) is 0 Å². The Morgan fingerprint density at radius 3 is 2.91 bits per heavy atom. The lowest BCUT2D eigenvalue weighted by molar-refractivity contribution is -0.138. The van der Waals surface area contributed by atoms with Crippen LogP contribution in [0.15, 0.2) is 28.7 Å². The maximum Gasteiger partial charge on any atom is 0.326 e. The summed E-state index contributed by atoms with van der Waals surface area (Å²) in [5.74, 6) is 0.670. The molecular weight excluding hydrogens is 294 g/mol. The fourth-order valence-electron chi connectivity index (χ4n) is 3.39. The van der Waals surface area contributed by atoms with Gasteiger partial charge in [-0.25, -0.2) is 14.8 Å². The largest absolute Gasteiger partial charge is 0.480 e. The lowest BCUT2D eigenvalue weighted by Gasteiger charge is -2.22. The first-order valence-electron chi connectivity index (χ1n) is 7.70. The zero-order valence-corrected chi connectivity index (χ0v) is 13.0. The molecule has 0 unspecified atom stereocenters. The molecule has 23 heavy (non-hydrogen) atoms. The molecule has 6 heteroatoms. The van der Waals surface area contributed by atoms with E-state index in [-0.39, 0.29) is 0 Å². The van der Waals surface area contributed by atoms with Crippen LogP contribution < -0.4 is 4.90 Å². The van der Waals surface area contributed by atoms with Gasteiger partial charge in [0, 0.05) is 11.9 Å². The molecule has 1 N–H and O–H groups in total. The number of benzene rings is 1. The molecule has 1 aliphatic heterocycles. The number of anilines is 1. The lowest BCUT2D eigenvalue weighted by Crippen LogP contribution is -2.36. The fraction of sp³-hybridized carbons (Fsp3) is 0.353. The van der Waals surface area contributed by atoms with E-state index in [9.17, 15) is 9.90 Å². The molecule has 0 aliphatic carbocycles. The van der Waals surface area contributed by atoms with Crippen LogP contribution >= 0.6 is 0 Å². The molecule has 2 aromatic heterocycles. The van der Waals surface area contributed by atoms with Gasteiger partial charge in [0.05, 0.1) is 0 Å². The van der Waals surface area contributed by atoms with E-state index in [2.05, 4.69) is 16.9 Å². The summed E-state index contributed by atoms with van der Waals surface area (Å²) >= 11 is 0. The van der Waals surface area contributed by atoms with E-state index in [1.807, 2.05) is 36.1 Å². The van der Waals surface area contributed by atoms with Gasteiger partial charge < -0.3 is 14.4 Å². The van der Waals surface area contributed by atoms with E-state index in [1.165, 1.54) is 0 Å². The van der Waals surface area contributed by atoms with Gasteiger partial charge in [0.25, 0.3) is 0 Å². The average molecular weight is 311 g/mol. The van der Waals surface area contributed by atoms with Gasteiger partial charge in [-0.2, -0.15) is 0 Å². The molecule has 118 valence electrons. The second kappa shape index (κ2) is 4.94. The highest BCUT2D eigenvalue weighted by molar-refractivity contribution is 6.06. The number of aliphatic carboxylic acids is 1. The third-order valence-corrected chi connectivity index (χ3v) is 4.38. The molecule has 1 saturated heterocycles. The zero-order valence-electron chi connectivity index (χ0n) is 13.0. The van der Waals surface area contributed by atoms with Crippen LogP contribution in [0.4, 0.5) is 5.82 Å². The number of rotatable bonds is 2. The third kappa shape index (κ3) is 2.13. The quantitative estimate of drug-likeness (QED) is 0.783. The predicted octanol–water partition coefficient (Wildman–Crippen LogP) is 2.98. The molecule has 4 rings (SSSR count). The van der Waals surface area contributed by atoms with Gasteiger partial charge in [-0.1, -0.05) is 19.1 Å². The van der Waals surface area contributed by atoms with Gasteiger partial charge in [-0.05, 0) is 31.4 Å². The van der Waals surface area contributed by atoms with Crippen LogP contribution in [0.25, 0.3) is 22.1 Å². The number of hydrogen-bond acceptors (Lipinski definition) is 5. The second-order valence-electron chi connectivity index (χ2n) is 6.22. The highest BCUT2D eigenvalue weighted by atomic mass is 16.4. The topological polar surface area (TPSA) is 79.5 Å². The molecule has 0 amide bonds. The van der Waals surface area contributed by atoms with Gasteiger partial charge in [0.1, 0.15) is 23.0 Å². The first-order valence-corrected chi connectivity index (χ1v) is 7.70. The van der Waals surface area contributed by atoms with Gasteiger partial charge >= 0.3 is 5.97 Å². The lowest BCUT2D eigenvalue weighted by atomic mass is 10.1. The fourth-order valence-corrected chi connectivity index (χ4v) is 3.39. The average Bonchev–Trinajstić information content (AvgIpc) is 3.07. The Labute approximate surface area is 132 Å². The first kappa shape index (κ1) is 14.0. The molecule has 2 atom stereocenters. The summed E-state index contributed by atoms with van der Waals surface area (Å²) in [5, 5.41) is 10.5. The molecule has 3 aromatic rings. The van der Waals surface area contributed by atoms with Crippen LogP contribution in [-0.4, -0.2) is 33.6 Å². The Balaban J connectivity index is 1.97. The number of carbonyl (C=O) groups is 1. The number of carboxylic acid groups (broad SMARTS) is 1. The van der Waals surface area contributed by atoms with Crippen LogP contribution in [0.1, 0.15) is 19.2 Å². The molecule has 3 heterocycles. The highest BCUT2D eigenvalue weighted by Gasteiger charge is 2.37. The first-order chi connectivity index (χ1) is 11.0. The molecule has 1 fully saturated rings. The minimum absolute atomic E-state index is 0.297. The van der Waals surface area contributed by atoms with Crippen molar-refractivity contribution in [3.63, 3.8) is 0 Å². The summed E-state index contributed by atoms with van der Waals surface area (Å²) in [5.41, 5.74) is 2.05. The van der Waals surface area contributed by atoms with Gasteiger partial charge in [0.2, 0.25) is 0 Å². The monoisotopic (exact) mass is 311 g/mol. The summed E-state index contributed by atoms with van der Waals surface area (Å²) in [6, 6.07) is 7.11. The smallest absolute Gasteiger partial charge is 0.326 e. The van der Waals surface area contributed by atoms with Crippen LogP contribution in [0.5, 0.6) is 0 Å². The summed E-state index contributed by atoms with van der Waals surface area (Å²) in [7, 11) is 0. The summed E-state index contributed by atoms with van der Waals surface area (Å²) < 4.78 is 5.95. The summed E-state index contributed by atoms with van der Waals surface area (Å²) in [6.45, 7) is 4.53. The van der Waals surface area contributed by atoms with Crippen molar-refractivity contribution < 1.29 is 14.3 Å². The van der Waals surface area contributed by atoms with Gasteiger partial charge in [0.15, 0.2) is 11.4 Å². The van der Waals surface area contributed by atoms with E-state index >= 15 is 0 Å². The van der Waals surface area contributed by atoms with Crippen molar-refractivity contribution >= 4 is 33.9 Å². The van der Waals surface area contributed by atoms with Gasteiger partial charge in [-0.15, -0.1) is 0 Å². The normalized spacial score (nSPS) is 21.4. The van der Waals surface area contributed by atoms with Crippen molar-refractivity contribution in [1.82, 2.24) is 9.97 Å². The number of nitrogens with zero attached hydrogens (tertiary/aromatic N) is 3. The Kier molecular flexibility index (Phi) is 3.01. The van der Waals surface area contributed by atoms with E-state index in [1.54, 1.807) is 0 Å². The zero-order chi connectivity index (χ0) is 16.1. The number of carboxylic acids is 1. The number of furan rings is 1. The SMILES string of the molecule is Cc1nc(N2C[C@@H](C)C[C@H]2C(=O)O)c2oc3ccccc3c2n1. The van der Waals surface area contributed by atoms with Crippen molar-refractivity contribution in [2.24, 2.45) is 5.92 Å². The standard InChI is InChI=1S/C17H17N3O3/c1-9-7-12(17(21)22)20(8-9)16-15-14(18-10(2)19-16)11-5-3-4-6-13(11)23-15/h3-6,9,12H,7-8H2,1-2H3,(H,21,22)/t9-,12-/m0/s1. The molecule has 1 aromatic carbocycles. The van der Waals surface area contributed by atoms with E-state index in [0.29, 0.717) is 36.1 Å². The van der Waals surface area contributed by atoms with Crippen molar-refractivity contribution in [2.45, 2.75) is 26.3 Å². The van der Waals surface area contributed by atoms with Crippen molar-refractivity contribution in [2.75, 3.05) is 11.4 Å². The van der Waals surface area contributed by atoms with Crippen molar-refractivity contribution in [3.05, 3.63) is 30.1 Å². The maximum atomic E-state index is 11.6. The highest BCUT2D eigenvalue weighted by Crippen LogP contribution is 2.36. The minimum atomic E-state index is -0.824. The minimum Gasteiger partial charge on any atom is -0.480 e. The number of para-hydroxylation sites is 1. The van der Waals surface area contributed by atoms with Crippen LogP contribution in [0.2, 0.25) is 0 Å². The third-order valence-electron chi connectivity index (χ3n) is 4.38. The Morgan fingerprint density at radius 2 is 2.13 bits per heavy atom. The summed E-state index contributed by atoms with van der Waals surface area (Å²) in [4.78, 5) is 22.5. The maximum absolute atomic E-state index is 11.6. The molecule has 0 bridgehead atoms. The molecule has 0 spiro atoms. The second-order valence-corrected chi connectivity index (χ2v) is 6.22. The summed E-state index contributed by atoms with van der Waals surface area (Å²) in [6.07, 6.45) is 0.611. The molecule has 1 aliphatic rings. The van der Waals surface area contributed by atoms with Crippen LogP contribution in [0, 0.1) is 12.8 Å². The van der Waals surface area contributed by atoms with E-state index in [0.717, 1.165) is 16.5 Å². The van der Waals surface area contributed by atoms with Crippen LogP contribution in [0.3, 0.4) is 0 Å². The Hall–Kier alpha value is -2.63. The number of aromatic nitrogens is 2. The Morgan fingerprint density at radius 1 is 1.35 bits per heavy atom. The number of fused-ring (bicyclic) bond motifs is 3. The van der Waals surface area contributed by atoms with Crippen LogP contribution in [-0.2, 0) is 4.79 Å². The predicted molar refractivity (Wildman–Crippen MR) is 86.6 cm³/mol. The molecule has 6 nitrogen and oxygen atoms in total.